The molecule has 1 N–H and O–H groups in total. The Morgan fingerprint density at radius 3 is 2.04 bits per heavy atom. The van der Waals surface area contributed by atoms with Crippen LogP contribution in [0.25, 0.3) is 0 Å². The minimum absolute atomic E-state index is 0.00211. The average molecular weight is 355 g/mol. The Morgan fingerprint density at radius 2 is 1.48 bits per heavy atom. The molecule has 0 aromatic carbocycles. The van der Waals surface area contributed by atoms with Crippen LogP contribution in [0, 0.1) is 35.5 Å². The summed E-state index contributed by atoms with van der Waals surface area (Å²) in [4.78, 5) is 25.2. The zero-order chi connectivity index (χ0) is 19.3. The zero-order valence-corrected chi connectivity index (χ0v) is 17.1. The molecular formula is C21H38O4. The fraction of sp³-hybridized carbons (Fsp3) is 0.905. The van der Waals surface area contributed by atoms with Gasteiger partial charge in [0.05, 0.1) is 12.0 Å². The van der Waals surface area contributed by atoms with Gasteiger partial charge in [0.15, 0.2) is 0 Å². The van der Waals surface area contributed by atoms with Crippen molar-refractivity contribution < 1.29 is 19.4 Å². The van der Waals surface area contributed by atoms with E-state index < -0.39 is 12.0 Å². The van der Waals surface area contributed by atoms with E-state index in [-0.39, 0.29) is 35.7 Å². The van der Waals surface area contributed by atoms with Gasteiger partial charge < -0.3 is 9.84 Å². The maximum Gasteiger partial charge on any atom is 0.311 e. The first-order chi connectivity index (χ1) is 11.6. The molecule has 1 heterocycles. The quantitative estimate of drug-likeness (QED) is 0.715. The first-order valence-corrected chi connectivity index (χ1v) is 10.0. The first-order valence-electron chi connectivity index (χ1n) is 10.0. The molecule has 0 radical (unpaired) electrons. The van der Waals surface area contributed by atoms with Crippen molar-refractivity contribution in [2.24, 2.45) is 35.5 Å². The van der Waals surface area contributed by atoms with E-state index in [9.17, 15) is 14.7 Å². The summed E-state index contributed by atoms with van der Waals surface area (Å²) in [6.07, 6.45) is 2.18. The second-order valence-electron chi connectivity index (χ2n) is 8.63. The molecule has 0 bridgehead atoms. The van der Waals surface area contributed by atoms with Gasteiger partial charge in [-0.05, 0) is 50.4 Å². The SMILES string of the molecule is CCC1OC(=O)C(C)C(O)C(C)CC(C)C[C@@H](C)C(=O)[C@H](C)C[C@H]1C. The van der Waals surface area contributed by atoms with Crippen LogP contribution in [-0.4, -0.2) is 29.1 Å². The molecule has 0 saturated carbocycles. The lowest BCUT2D eigenvalue weighted by molar-refractivity contribution is -0.161. The maximum atomic E-state index is 12.7. The lowest BCUT2D eigenvalue weighted by Crippen LogP contribution is -2.37. The molecule has 8 atom stereocenters. The number of Topliss-reactive ketones (excluding diaryl/α,β-unsaturated/α-hetero) is 1. The molecule has 4 nitrogen and oxygen atoms in total. The number of ketones is 1. The van der Waals surface area contributed by atoms with E-state index in [0.717, 1.165) is 25.7 Å². The molecule has 4 heteroatoms. The lowest BCUT2D eigenvalue weighted by atomic mass is 9.79. The number of hydrogen-bond acceptors (Lipinski definition) is 4. The zero-order valence-electron chi connectivity index (χ0n) is 17.1. The Bertz CT molecular complexity index is 447. The molecule has 1 aliphatic heterocycles. The molecule has 0 aromatic heterocycles. The highest BCUT2D eigenvalue weighted by Crippen LogP contribution is 2.30. The van der Waals surface area contributed by atoms with Crippen LogP contribution in [0.2, 0.25) is 0 Å². The van der Waals surface area contributed by atoms with Gasteiger partial charge in [-0.3, -0.25) is 9.59 Å². The van der Waals surface area contributed by atoms with E-state index in [4.69, 9.17) is 4.74 Å². The van der Waals surface area contributed by atoms with E-state index >= 15 is 0 Å². The summed E-state index contributed by atoms with van der Waals surface area (Å²) in [6.45, 7) is 13.9. The largest absolute Gasteiger partial charge is 0.462 e. The van der Waals surface area contributed by atoms with Gasteiger partial charge in [-0.2, -0.15) is 0 Å². The Kier molecular flexibility index (Phi) is 8.59. The molecule has 0 aromatic rings. The molecule has 1 rings (SSSR count). The van der Waals surface area contributed by atoms with Crippen LogP contribution in [0.4, 0.5) is 0 Å². The standard InChI is InChI=1S/C21H38O4/c1-8-18-13(3)11-16(6)19(22)14(4)9-12(2)10-15(5)20(23)17(7)21(24)25-18/h12-18,20,23H,8-11H2,1-7H3/t12?,13-,14-,15?,16-,17?,18?,20?/m1/s1. The molecule has 5 unspecified atom stereocenters. The van der Waals surface area contributed by atoms with Crippen LogP contribution < -0.4 is 0 Å². The van der Waals surface area contributed by atoms with Gasteiger partial charge in [-0.25, -0.2) is 0 Å². The van der Waals surface area contributed by atoms with Crippen molar-refractivity contribution in [3.63, 3.8) is 0 Å². The summed E-state index contributed by atoms with van der Waals surface area (Å²) < 4.78 is 5.71. The number of aliphatic hydroxyl groups is 1. The minimum Gasteiger partial charge on any atom is -0.462 e. The summed E-state index contributed by atoms with van der Waals surface area (Å²) in [5.41, 5.74) is 0. The van der Waals surface area contributed by atoms with Crippen LogP contribution in [-0.2, 0) is 14.3 Å². The maximum absolute atomic E-state index is 12.7. The Hall–Kier alpha value is -0.900. The third-order valence-corrected chi connectivity index (χ3v) is 6.00. The van der Waals surface area contributed by atoms with Crippen molar-refractivity contribution in [1.29, 1.82) is 0 Å². The molecule has 1 fully saturated rings. The fourth-order valence-corrected chi connectivity index (χ4v) is 4.39. The number of hydrogen-bond donors (Lipinski definition) is 1. The minimum atomic E-state index is -0.712. The van der Waals surface area contributed by atoms with Crippen LogP contribution >= 0.6 is 0 Å². The molecular weight excluding hydrogens is 316 g/mol. The number of cyclic esters (lactones) is 1. The van der Waals surface area contributed by atoms with Gasteiger partial charge in [-0.1, -0.05) is 41.5 Å². The van der Waals surface area contributed by atoms with Crippen molar-refractivity contribution in [2.45, 2.75) is 86.4 Å². The summed E-state index contributed by atoms with van der Waals surface area (Å²) in [6, 6.07) is 0. The van der Waals surface area contributed by atoms with Gasteiger partial charge >= 0.3 is 5.97 Å². The van der Waals surface area contributed by atoms with Gasteiger partial charge in [0, 0.05) is 11.8 Å². The highest BCUT2D eigenvalue weighted by Gasteiger charge is 2.33. The number of rotatable bonds is 1. The van der Waals surface area contributed by atoms with Crippen LogP contribution in [0.15, 0.2) is 0 Å². The van der Waals surface area contributed by atoms with Crippen molar-refractivity contribution in [1.82, 2.24) is 0 Å². The summed E-state index contributed by atoms with van der Waals surface area (Å²) in [5.74, 6) is -0.0722. The van der Waals surface area contributed by atoms with Gasteiger partial charge in [0.1, 0.15) is 11.9 Å². The second-order valence-corrected chi connectivity index (χ2v) is 8.63. The third-order valence-electron chi connectivity index (χ3n) is 6.00. The topological polar surface area (TPSA) is 63.6 Å². The molecule has 1 saturated heterocycles. The van der Waals surface area contributed by atoms with Crippen LogP contribution in [0.3, 0.4) is 0 Å². The molecule has 25 heavy (non-hydrogen) atoms. The molecule has 0 spiro atoms. The van der Waals surface area contributed by atoms with Gasteiger partial charge in [0.25, 0.3) is 0 Å². The van der Waals surface area contributed by atoms with E-state index in [1.165, 1.54) is 0 Å². The smallest absolute Gasteiger partial charge is 0.311 e. The number of ether oxygens (including phenoxy) is 1. The van der Waals surface area contributed by atoms with Gasteiger partial charge in [0.2, 0.25) is 0 Å². The van der Waals surface area contributed by atoms with Crippen molar-refractivity contribution in [2.75, 3.05) is 0 Å². The Morgan fingerprint density at radius 1 is 0.920 bits per heavy atom. The molecule has 0 aliphatic carbocycles. The van der Waals surface area contributed by atoms with Gasteiger partial charge in [-0.15, -0.1) is 0 Å². The predicted octanol–water partition coefficient (Wildman–Crippen LogP) is 4.24. The van der Waals surface area contributed by atoms with Crippen molar-refractivity contribution in [3.8, 4) is 0 Å². The predicted molar refractivity (Wildman–Crippen MR) is 100 cm³/mol. The van der Waals surface area contributed by atoms with Crippen LogP contribution in [0.5, 0.6) is 0 Å². The third kappa shape index (κ3) is 6.09. The number of aliphatic hydroxyl groups excluding tert-OH is 1. The van der Waals surface area contributed by atoms with E-state index in [0.29, 0.717) is 11.7 Å². The summed E-state index contributed by atoms with van der Waals surface area (Å²) in [7, 11) is 0. The second kappa shape index (κ2) is 9.70. The normalized spacial score (nSPS) is 42.6. The fourth-order valence-electron chi connectivity index (χ4n) is 4.39. The van der Waals surface area contributed by atoms with E-state index in [1.54, 1.807) is 6.92 Å². The van der Waals surface area contributed by atoms with Crippen LogP contribution in [0.1, 0.15) is 74.1 Å². The highest BCUT2D eigenvalue weighted by molar-refractivity contribution is 5.82. The first kappa shape index (κ1) is 22.1. The highest BCUT2D eigenvalue weighted by atomic mass is 16.5. The number of esters is 1. The van der Waals surface area contributed by atoms with E-state index in [2.05, 4.69) is 6.92 Å². The molecule has 1 aliphatic rings. The summed E-state index contributed by atoms with van der Waals surface area (Å²) >= 11 is 0. The Labute approximate surface area is 153 Å². The van der Waals surface area contributed by atoms with Crippen molar-refractivity contribution >= 4 is 11.8 Å². The lowest BCUT2D eigenvalue weighted by Gasteiger charge is -2.31. The average Bonchev–Trinajstić information content (AvgIpc) is 2.55. The monoisotopic (exact) mass is 354 g/mol. The number of carbonyl (C=O) groups is 2. The number of carbonyl (C=O) groups excluding carboxylic acids is 2. The van der Waals surface area contributed by atoms with E-state index in [1.807, 2.05) is 34.6 Å². The summed E-state index contributed by atoms with van der Waals surface area (Å²) in [5, 5.41) is 10.6. The molecule has 146 valence electrons. The van der Waals surface area contributed by atoms with Crippen molar-refractivity contribution in [3.05, 3.63) is 0 Å². The Balaban J connectivity index is 3.04. The molecule has 0 amide bonds.